The van der Waals surface area contributed by atoms with E-state index in [2.05, 4.69) is 20.8 Å². The van der Waals surface area contributed by atoms with Crippen LogP contribution in [0.15, 0.2) is 59.8 Å². The monoisotopic (exact) mass is 353 g/mol. The number of rotatable bonds is 6. The Kier molecular flexibility index (Phi) is 5.45. The van der Waals surface area contributed by atoms with Crippen LogP contribution in [0.4, 0.5) is 5.69 Å². The second kappa shape index (κ2) is 7.94. The van der Waals surface area contributed by atoms with E-state index in [0.29, 0.717) is 5.16 Å². The molecule has 0 bridgehead atoms. The van der Waals surface area contributed by atoms with E-state index in [4.69, 9.17) is 0 Å². The fourth-order valence-corrected chi connectivity index (χ4v) is 3.19. The summed E-state index contributed by atoms with van der Waals surface area (Å²) >= 11 is 1.33. The Morgan fingerprint density at radius 2 is 1.84 bits per heavy atom. The third-order valence-electron chi connectivity index (χ3n) is 3.57. The van der Waals surface area contributed by atoms with Gasteiger partial charge >= 0.3 is 0 Å². The van der Waals surface area contributed by atoms with E-state index in [-0.39, 0.29) is 17.7 Å². The van der Waals surface area contributed by atoms with Gasteiger partial charge in [-0.05, 0) is 35.9 Å². The van der Waals surface area contributed by atoms with Crippen LogP contribution >= 0.6 is 11.8 Å². The number of thioether (sulfide) groups is 1. The minimum atomic E-state index is -0.0910. The molecule has 7 heteroatoms. The Morgan fingerprint density at radius 3 is 2.60 bits per heavy atom. The number of carbonyl (C=O) groups excluding carboxylic acids is 1. The zero-order valence-corrected chi connectivity index (χ0v) is 14.9. The van der Waals surface area contributed by atoms with E-state index < -0.39 is 0 Å². The lowest BCUT2D eigenvalue weighted by molar-refractivity contribution is -0.113. The van der Waals surface area contributed by atoms with Gasteiger partial charge in [-0.25, -0.2) is 4.68 Å². The van der Waals surface area contributed by atoms with E-state index in [0.717, 1.165) is 16.8 Å². The number of carbonyl (C=O) groups is 1. The summed E-state index contributed by atoms with van der Waals surface area (Å²) in [5, 5.41) is 15.2. The molecule has 1 amide bonds. The molecule has 0 aliphatic heterocycles. The molecular weight excluding hydrogens is 334 g/mol. The van der Waals surface area contributed by atoms with Crippen LogP contribution in [0.3, 0.4) is 0 Å². The first kappa shape index (κ1) is 17.2. The van der Waals surface area contributed by atoms with Gasteiger partial charge in [0.05, 0.1) is 11.8 Å². The van der Waals surface area contributed by atoms with Gasteiger partial charge in [0.15, 0.2) is 0 Å². The lowest BCUT2D eigenvalue weighted by Crippen LogP contribution is -2.15. The smallest absolute Gasteiger partial charge is 0.234 e. The molecule has 6 nitrogen and oxygen atoms in total. The molecule has 0 radical (unpaired) electrons. The molecule has 3 rings (SSSR count). The SMILES string of the molecule is CC(C)n1nnnc1SCC(=O)Nc1ccccc1-c1ccccc1. The average molecular weight is 353 g/mol. The Hall–Kier alpha value is -2.67. The third-order valence-corrected chi connectivity index (χ3v) is 4.50. The van der Waals surface area contributed by atoms with Crippen molar-refractivity contribution in [1.82, 2.24) is 20.2 Å². The summed E-state index contributed by atoms with van der Waals surface area (Å²) in [6.07, 6.45) is 0. The summed E-state index contributed by atoms with van der Waals surface area (Å²) in [6, 6.07) is 17.9. The Balaban J connectivity index is 1.69. The molecule has 0 aliphatic rings. The summed E-state index contributed by atoms with van der Waals surface area (Å²) in [7, 11) is 0. The molecule has 0 atom stereocenters. The van der Waals surface area contributed by atoms with Crippen molar-refractivity contribution in [2.24, 2.45) is 0 Å². The number of anilines is 1. The summed E-state index contributed by atoms with van der Waals surface area (Å²) in [5.74, 6) is 0.155. The van der Waals surface area contributed by atoms with E-state index in [1.807, 2.05) is 68.4 Å². The Bertz CT molecular complexity index is 847. The first-order valence-electron chi connectivity index (χ1n) is 8.00. The molecule has 0 unspecified atom stereocenters. The van der Waals surface area contributed by atoms with Crippen molar-refractivity contribution < 1.29 is 4.79 Å². The van der Waals surface area contributed by atoms with Crippen LogP contribution in [0.25, 0.3) is 11.1 Å². The van der Waals surface area contributed by atoms with Crippen LogP contribution in [0.5, 0.6) is 0 Å². The highest BCUT2D eigenvalue weighted by Gasteiger charge is 2.13. The molecule has 25 heavy (non-hydrogen) atoms. The number of nitrogens with one attached hydrogen (secondary N) is 1. The highest BCUT2D eigenvalue weighted by atomic mass is 32.2. The van der Waals surface area contributed by atoms with Gasteiger partial charge in [0.1, 0.15) is 0 Å². The van der Waals surface area contributed by atoms with Gasteiger partial charge in [-0.2, -0.15) is 0 Å². The minimum absolute atomic E-state index is 0.0910. The molecule has 128 valence electrons. The minimum Gasteiger partial charge on any atom is -0.325 e. The van der Waals surface area contributed by atoms with E-state index in [1.54, 1.807) is 4.68 Å². The van der Waals surface area contributed by atoms with Crippen molar-refractivity contribution >= 4 is 23.4 Å². The van der Waals surface area contributed by atoms with Crippen molar-refractivity contribution in [2.45, 2.75) is 25.0 Å². The van der Waals surface area contributed by atoms with Crippen LogP contribution in [0, 0.1) is 0 Å². The van der Waals surface area contributed by atoms with E-state index in [1.165, 1.54) is 11.8 Å². The zero-order chi connectivity index (χ0) is 17.6. The number of aromatic nitrogens is 4. The normalized spacial score (nSPS) is 10.8. The second-order valence-electron chi connectivity index (χ2n) is 5.75. The fourth-order valence-electron chi connectivity index (χ4n) is 2.38. The van der Waals surface area contributed by atoms with E-state index in [9.17, 15) is 4.79 Å². The maximum absolute atomic E-state index is 12.4. The Morgan fingerprint density at radius 1 is 1.12 bits per heavy atom. The molecule has 1 heterocycles. The number of hydrogen-bond acceptors (Lipinski definition) is 5. The maximum atomic E-state index is 12.4. The molecule has 0 aliphatic carbocycles. The van der Waals surface area contributed by atoms with Crippen molar-refractivity contribution in [3.05, 3.63) is 54.6 Å². The van der Waals surface area contributed by atoms with Crippen molar-refractivity contribution in [3.8, 4) is 11.1 Å². The molecule has 3 aromatic rings. The van der Waals surface area contributed by atoms with Crippen LogP contribution in [-0.4, -0.2) is 31.9 Å². The standard InChI is InChI=1S/C18H19N5OS/c1-13(2)23-18(20-21-22-23)25-12-17(24)19-16-11-7-6-10-15(16)14-8-4-3-5-9-14/h3-11,13H,12H2,1-2H3,(H,19,24). The first-order valence-corrected chi connectivity index (χ1v) is 8.98. The van der Waals surface area contributed by atoms with Gasteiger partial charge in [0, 0.05) is 11.3 Å². The number of tetrazole rings is 1. The maximum Gasteiger partial charge on any atom is 0.234 e. The lowest BCUT2D eigenvalue weighted by Gasteiger charge is -2.11. The number of nitrogens with zero attached hydrogens (tertiary/aromatic N) is 4. The molecule has 0 fully saturated rings. The number of para-hydroxylation sites is 1. The van der Waals surface area contributed by atoms with Crippen molar-refractivity contribution in [1.29, 1.82) is 0 Å². The van der Waals surface area contributed by atoms with Gasteiger partial charge in [-0.15, -0.1) is 5.10 Å². The molecule has 0 saturated heterocycles. The summed E-state index contributed by atoms with van der Waals surface area (Å²) < 4.78 is 1.70. The van der Waals surface area contributed by atoms with Crippen molar-refractivity contribution in [2.75, 3.05) is 11.1 Å². The number of benzene rings is 2. The van der Waals surface area contributed by atoms with Gasteiger partial charge in [-0.3, -0.25) is 4.79 Å². The topological polar surface area (TPSA) is 72.7 Å². The van der Waals surface area contributed by atoms with Gasteiger partial charge in [-0.1, -0.05) is 60.3 Å². The molecule has 1 aromatic heterocycles. The second-order valence-corrected chi connectivity index (χ2v) is 6.69. The van der Waals surface area contributed by atoms with Gasteiger partial charge in [0.2, 0.25) is 11.1 Å². The van der Waals surface area contributed by atoms with Gasteiger partial charge in [0.25, 0.3) is 0 Å². The van der Waals surface area contributed by atoms with Crippen LogP contribution in [-0.2, 0) is 4.79 Å². The average Bonchev–Trinajstić information content (AvgIpc) is 3.10. The van der Waals surface area contributed by atoms with Crippen LogP contribution < -0.4 is 5.32 Å². The quantitative estimate of drug-likeness (QED) is 0.685. The molecular formula is C18H19N5OS. The van der Waals surface area contributed by atoms with Crippen LogP contribution in [0.2, 0.25) is 0 Å². The molecule has 0 saturated carbocycles. The largest absolute Gasteiger partial charge is 0.325 e. The highest BCUT2D eigenvalue weighted by Crippen LogP contribution is 2.28. The summed E-state index contributed by atoms with van der Waals surface area (Å²) in [5.41, 5.74) is 2.85. The lowest BCUT2D eigenvalue weighted by atomic mass is 10.0. The zero-order valence-electron chi connectivity index (χ0n) is 14.1. The molecule has 1 N–H and O–H groups in total. The van der Waals surface area contributed by atoms with Crippen molar-refractivity contribution in [3.63, 3.8) is 0 Å². The summed E-state index contributed by atoms with van der Waals surface area (Å²) in [6.45, 7) is 3.99. The molecule has 0 spiro atoms. The third kappa shape index (κ3) is 4.24. The first-order chi connectivity index (χ1) is 12.1. The van der Waals surface area contributed by atoms with Crippen LogP contribution in [0.1, 0.15) is 19.9 Å². The fraction of sp³-hybridized carbons (Fsp3) is 0.222. The van der Waals surface area contributed by atoms with Gasteiger partial charge < -0.3 is 5.32 Å². The predicted molar refractivity (Wildman–Crippen MR) is 99.4 cm³/mol. The van der Waals surface area contributed by atoms with E-state index >= 15 is 0 Å². The summed E-state index contributed by atoms with van der Waals surface area (Å²) in [4.78, 5) is 12.4. The number of amides is 1. The highest BCUT2D eigenvalue weighted by molar-refractivity contribution is 7.99. The molecule has 2 aromatic carbocycles. The predicted octanol–water partition coefficient (Wildman–Crippen LogP) is 3.65. The Labute approximate surface area is 150 Å². The number of hydrogen-bond donors (Lipinski definition) is 1.